The van der Waals surface area contributed by atoms with Gasteiger partial charge in [0.15, 0.2) is 5.13 Å². The second kappa shape index (κ2) is 9.43. The summed E-state index contributed by atoms with van der Waals surface area (Å²) in [4.78, 5) is 41.1. The van der Waals surface area contributed by atoms with Crippen molar-refractivity contribution in [2.45, 2.75) is 51.5 Å². The minimum atomic E-state index is -0.476. The van der Waals surface area contributed by atoms with Gasteiger partial charge >= 0.3 is 5.63 Å². The van der Waals surface area contributed by atoms with E-state index in [1.807, 2.05) is 12.1 Å². The van der Waals surface area contributed by atoms with Gasteiger partial charge in [0, 0.05) is 29.6 Å². The van der Waals surface area contributed by atoms with Gasteiger partial charge in [0.2, 0.25) is 11.8 Å². The normalized spacial score (nSPS) is 18.6. The van der Waals surface area contributed by atoms with E-state index in [0.717, 1.165) is 24.6 Å². The quantitative estimate of drug-likeness (QED) is 0.557. The molecule has 0 bridgehead atoms. The number of nitrogens with zero attached hydrogens (tertiary/aromatic N) is 1. The topological polar surface area (TPSA) is 101 Å². The Morgan fingerprint density at radius 1 is 1.16 bits per heavy atom. The first-order valence-electron chi connectivity index (χ1n) is 10.6. The van der Waals surface area contributed by atoms with Crippen molar-refractivity contribution < 1.29 is 14.0 Å². The van der Waals surface area contributed by atoms with Gasteiger partial charge in [-0.1, -0.05) is 38.0 Å². The minimum absolute atomic E-state index is 0.0833. The molecule has 7 nitrogen and oxygen atoms in total. The first kappa shape index (κ1) is 21.2. The number of nitrogens with one attached hydrogen (secondary N) is 2. The molecule has 0 spiro atoms. The monoisotopic (exact) mass is 439 g/mol. The van der Waals surface area contributed by atoms with Crippen molar-refractivity contribution in [1.82, 2.24) is 10.3 Å². The molecule has 0 saturated heterocycles. The Labute approximate surface area is 183 Å². The van der Waals surface area contributed by atoms with Crippen LogP contribution in [0.5, 0.6) is 0 Å². The van der Waals surface area contributed by atoms with Crippen molar-refractivity contribution in [3.8, 4) is 11.3 Å². The van der Waals surface area contributed by atoms with Crippen molar-refractivity contribution in [3.63, 3.8) is 0 Å². The van der Waals surface area contributed by atoms with Crippen molar-refractivity contribution in [3.05, 3.63) is 46.1 Å². The molecule has 1 aliphatic carbocycles. The van der Waals surface area contributed by atoms with Crippen LogP contribution in [0.2, 0.25) is 0 Å². The average molecular weight is 440 g/mol. The van der Waals surface area contributed by atoms with Gasteiger partial charge in [0.05, 0.1) is 11.3 Å². The fourth-order valence-corrected chi connectivity index (χ4v) is 4.64. The van der Waals surface area contributed by atoms with Gasteiger partial charge in [-0.15, -0.1) is 11.3 Å². The Balaban J connectivity index is 1.33. The smallest absolute Gasteiger partial charge is 0.345 e. The predicted molar refractivity (Wildman–Crippen MR) is 121 cm³/mol. The Bertz CT molecular complexity index is 1150. The van der Waals surface area contributed by atoms with E-state index >= 15 is 0 Å². The number of amides is 2. The third-order valence-electron chi connectivity index (χ3n) is 5.70. The highest BCUT2D eigenvalue weighted by molar-refractivity contribution is 7.14. The number of rotatable bonds is 6. The zero-order valence-corrected chi connectivity index (χ0v) is 18.2. The largest absolute Gasteiger partial charge is 0.422 e. The highest BCUT2D eigenvalue weighted by Crippen LogP contribution is 2.26. The summed E-state index contributed by atoms with van der Waals surface area (Å²) in [7, 11) is 0. The number of thiazole rings is 1. The third-order valence-corrected chi connectivity index (χ3v) is 6.46. The van der Waals surface area contributed by atoms with Gasteiger partial charge in [-0.2, -0.15) is 0 Å². The molecule has 8 heteroatoms. The first-order valence-corrected chi connectivity index (χ1v) is 11.5. The van der Waals surface area contributed by atoms with E-state index < -0.39 is 5.63 Å². The fourth-order valence-electron chi connectivity index (χ4n) is 3.91. The summed E-state index contributed by atoms with van der Waals surface area (Å²) in [6.07, 6.45) is 4.71. The maximum Gasteiger partial charge on any atom is 0.345 e. The molecule has 1 fully saturated rings. The van der Waals surface area contributed by atoms with Crippen molar-refractivity contribution in [2.75, 3.05) is 5.32 Å². The van der Waals surface area contributed by atoms with Crippen LogP contribution in [0.25, 0.3) is 22.2 Å². The molecular weight excluding hydrogens is 414 g/mol. The molecule has 2 heterocycles. The maximum absolute atomic E-state index is 12.3. The van der Waals surface area contributed by atoms with E-state index in [-0.39, 0.29) is 30.7 Å². The van der Waals surface area contributed by atoms with Crippen LogP contribution in [0.4, 0.5) is 5.13 Å². The number of para-hydroxylation sites is 1. The van der Waals surface area contributed by atoms with Crippen LogP contribution in [-0.4, -0.2) is 22.8 Å². The highest BCUT2D eigenvalue weighted by Gasteiger charge is 2.23. The zero-order valence-electron chi connectivity index (χ0n) is 17.3. The van der Waals surface area contributed by atoms with Crippen molar-refractivity contribution in [1.29, 1.82) is 0 Å². The number of hydrogen-bond donors (Lipinski definition) is 2. The number of benzene rings is 1. The standard InChI is InChI=1S/C23H25N3O4S/c1-14-6-2-4-8-17(14)24-20(27)10-11-21(28)26-23-25-18(13-31-23)16-12-15-7-3-5-9-19(15)30-22(16)29/h3,5,7,9,12-14,17H,2,4,6,8,10-11H2,1H3,(H,24,27)(H,25,26,28)/t14-,17-/m0/s1. The molecule has 2 atom stereocenters. The van der Waals surface area contributed by atoms with E-state index in [1.165, 1.54) is 17.8 Å². The van der Waals surface area contributed by atoms with Gasteiger partial charge in [-0.05, 0) is 30.9 Å². The van der Waals surface area contributed by atoms with Gasteiger partial charge in [-0.3, -0.25) is 9.59 Å². The molecule has 1 saturated carbocycles. The van der Waals surface area contributed by atoms with Crippen LogP contribution < -0.4 is 16.3 Å². The molecular formula is C23H25N3O4S. The van der Waals surface area contributed by atoms with Gasteiger partial charge in [0.25, 0.3) is 0 Å². The molecule has 4 rings (SSSR count). The summed E-state index contributed by atoms with van der Waals surface area (Å²) < 4.78 is 5.35. The second-order valence-electron chi connectivity index (χ2n) is 8.01. The van der Waals surface area contributed by atoms with Crippen LogP contribution in [-0.2, 0) is 9.59 Å². The molecule has 162 valence electrons. The molecule has 0 radical (unpaired) electrons. The van der Waals surface area contributed by atoms with Crippen LogP contribution in [0, 0.1) is 5.92 Å². The molecule has 2 N–H and O–H groups in total. The summed E-state index contributed by atoms with van der Waals surface area (Å²) in [6.45, 7) is 2.16. The van der Waals surface area contributed by atoms with E-state index in [2.05, 4.69) is 22.5 Å². The highest BCUT2D eigenvalue weighted by atomic mass is 32.1. The molecule has 0 unspecified atom stereocenters. The minimum Gasteiger partial charge on any atom is -0.422 e. The fraction of sp³-hybridized carbons (Fsp3) is 0.391. The van der Waals surface area contributed by atoms with Crippen LogP contribution >= 0.6 is 11.3 Å². The van der Waals surface area contributed by atoms with E-state index in [4.69, 9.17) is 4.42 Å². The van der Waals surface area contributed by atoms with E-state index in [1.54, 1.807) is 23.6 Å². The SMILES string of the molecule is C[C@H]1CCCC[C@@H]1NC(=O)CCC(=O)Nc1nc(-c2cc3ccccc3oc2=O)cs1. The number of fused-ring (bicyclic) bond motifs is 1. The van der Waals surface area contributed by atoms with Crippen LogP contribution in [0.15, 0.2) is 44.9 Å². The Hall–Kier alpha value is -3.00. The summed E-state index contributed by atoms with van der Waals surface area (Å²) >= 11 is 1.23. The Morgan fingerprint density at radius 3 is 2.77 bits per heavy atom. The Morgan fingerprint density at radius 2 is 1.94 bits per heavy atom. The molecule has 0 aliphatic heterocycles. The van der Waals surface area contributed by atoms with Gasteiger partial charge < -0.3 is 15.1 Å². The van der Waals surface area contributed by atoms with Gasteiger partial charge in [0.1, 0.15) is 5.58 Å². The summed E-state index contributed by atoms with van der Waals surface area (Å²) in [5.41, 5.74) is 0.830. The molecule has 2 aromatic heterocycles. The summed E-state index contributed by atoms with van der Waals surface area (Å²) in [6, 6.07) is 9.20. The van der Waals surface area contributed by atoms with Gasteiger partial charge in [-0.25, -0.2) is 9.78 Å². The lowest BCUT2D eigenvalue weighted by atomic mass is 9.86. The Kier molecular flexibility index (Phi) is 6.46. The van der Waals surface area contributed by atoms with E-state index in [9.17, 15) is 14.4 Å². The number of carbonyl (C=O) groups is 2. The van der Waals surface area contributed by atoms with Crippen molar-refractivity contribution >= 4 is 39.3 Å². The summed E-state index contributed by atoms with van der Waals surface area (Å²) in [5.74, 6) is 0.105. The molecule has 1 aromatic carbocycles. The number of carbonyl (C=O) groups excluding carboxylic acids is 2. The molecule has 3 aromatic rings. The van der Waals surface area contributed by atoms with Crippen molar-refractivity contribution in [2.24, 2.45) is 5.92 Å². The third kappa shape index (κ3) is 5.19. The molecule has 1 aliphatic rings. The molecule has 31 heavy (non-hydrogen) atoms. The van der Waals surface area contributed by atoms with Crippen LogP contribution in [0.3, 0.4) is 0 Å². The lowest BCUT2D eigenvalue weighted by molar-refractivity contribution is -0.125. The maximum atomic E-state index is 12.3. The predicted octanol–water partition coefficient (Wildman–Crippen LogP) is 4.33. The lowest BCUT2D eigenvalue weighted by Crippen LogP contribution is -2.41. The first-order chi connectivity index (χ1) is 15.0. The number of aromatic nitrogens is 1. The molecule has 2 amide bonds. The number of hydrogen-bond acceptors (Lipinski definition) is 6. The lowest BCUT2D eigenvalue weighted by Gasteiger charge is -2.29. The van der Waals surface area contributed by atoms with Crippen LogP contribution in [0.1, 0.15) is 45.4 Å². The number of anilines is 1. The van der Waals surface area contributed by atoms with E-state index in [0.29, 0.717) is 27.9 Å². The second-order valence-corrected chi connectivity index (χ2v) is 8.87. The average Bonchev–Trinajstić information content (AvgIpc) is 3.21. The summed E-state index contributed by atoms with van der Waals surface area (Å²) in [5, 5.41) is 8.65. The zero-order chi connectivity index (χ0) is 21.8.